The summed E-state index contributed by atoms with van der Waals surface area (Å²) >= 11 is 1.33. The highest BCUT2D eigenvalue weighted by atomic mass is 32.1. The number of thiazole rings is 1. The molecule has 1 aliphatic heterocycles. The number of ether oxygens (including phenoxy) is 3. The molecule has 0 saturated heterocycles. The van der Waals surface area contributed by atoms with Crippen LogP contribution in [0.15, 0.2) is 24.3 Å². The van der Waals surface area contributed by atoms with Crippen LogP contribution in [-0.4, -0.2) is 60.0 Å². The van der Waals surface area contributed by atoms with E-state index >= 15 is 0 Å². The number of carbonyl (C=O) groups excluding carboxylic acids is 2. The predicted molar refractivity (Wildman–Crippen MR) is 114 cm³/mol. The largest absolute Gasteiger partial charge is 0.497 e. The number of hydrogen-bond donors (Lipinski definition) is 2. The molecule has 1 aromatic carbocycles. The van der Waals surface area contributed by atoms with Crippen molar-refractivity contribution in [3.05, 3.63) is 40.5 Å². The fourth-order valence-electron chi connectivity index (χ4n) is 3.31. The molecule has 0 bridgehead atoms. The van der Waals surface area contributed by atoms with Crippen LogP contribution in [0.5, 0.6) is 11.5 Å². The number of amides is 2. The van der Waals surface area contributed by atoms with Gasteiger partial charge >= 0.3 is 6.09 Å². The van der Waals surface area contributed by atoms with E-state index in [0.29, 0.717) is 47.5 Å². The fourth-order valence-corrected chi connectivity index (χ4v) is 4.32. The predicted octanol–water partition coefficient (Wildman–Crippen LogP) is 2.93. The van der Waals surface area contributed by atoms with Gasteiger partial charge < -0.3 is 19.1 Å². The molecule has 3 heterocycles. The smallest absolute Gasteiger partial charge is 0.413 e. The maximum atomic E-state index is 13.1. The average Bonchev–Trinajstić information content (AvgIpc) is 3.44. The Morgan fingerprint density at radius 3 is 2.77 bits per heavy atom. The maximum Gasteiger partial charge on any atom is 0.413 e. The number of anilines is 1. The first kappa shape index (κ1) is 20.7. The Labute approximate surface area is 182 Å². The first-order chi connectivity index (χ1) is 15.0. The summed E-state index contributed by atoms with van der Waals surface area (Å²) in [6.45, 7) is 0.926. The molecule has 11 heteroatoms. The first-order valence-corrected chi connectivity index (χ1v) is 10.2. The molecule has 0 unspecified atom stereocenters. The number of H-pyrrole nitrogens is 1. The molecule has 0 spiro atoms. The lowest BCUT2D eigenvalue weighted by Crippen LogP contribution is -2.35. The van der Waals surface area contributed by atoms with Crippen LogP contribution < -0.4 is 14.8 Å². The highest BCUT2D eigenvalue weighted by Crippen LogP contribution is 2.33. The van der Waals surface area contributed by atoms with E-state index < -0.39 is 6.09 Å². The third-order valence-electron chi connectivity index (χ3n) is 4.90. The monoisotopic (exact) mass is 443 g/mol. The Balaban J connectivity index is 1.52. The number of carbonyl (C=O) groups is 2. The molecule has 2 N–H and O–H groups in total. The summed E-state index contributed by atoms with van der Waals surface area (Å²) in [6, 6.07) is 7.10. The SMILES string of the molecule is COC(=O)Nc1nc2c(s1)CN(C(=O)c1cc(-c3cc(OC)ccc3OC)n[nH]1)CC2. The van der Waals surface area contributed by atoms with E-state index in [1.54, 1.807) is 37.3 Å². The van der Waals surface area contributed by atoms with Gasteiger partial charge in [0.2, 0.25) is 0 Å². The Kier molecular flexibility index (Phi) is 5.76. The Bertz CT molecular complexity index is 1130. The topological polar surface area (TPSA) is 119 Å². The van der Waals surface area contributed by atoms with Crippen molar-refractivity contribution in [2.45, 2.75) is 13.0 Å². The number of aromatic amines is 1. The van der Waals surface area contributed by atoms with Crippen molar-refractivity contribution in [1.82, 2.24) is 20.1 Å². The normalized spacial score (nSPS) is 12.8. The van der Waals surface area contributed by atoms with Crippen molar-refractivity contribution >= 4 is 28.5 Å². The van der Waals surface area contributed by atoms with E-state index in [-0.39, 0.29) is 5.91 Å². The molecule has 0 aliphatic carbocycles. The highest BCUT2D eigenvalue weighted by Gasteiger charge is 2.27. The van der Waals surface area contributed by atoms with E-state index in [9.17, 15) is 9.59 Å². The van der Waals surface area contributed by atoms with E-state index in [1.165, 1.54) is 18.4 Å². The van der Waals surface area contributed by atoms with Crippen LogP contribution in [0.4, 0.5) is 9.93 Å². The second kappa shape index (κ2) is 8.64. The standard InChI is InChI=1S/C20H21N5O5S/c1-28-11-4-5-16(29-2)12(8-11)14-9-15(24-23-14)18(26)25-7-6-13-17(10-25)31-19(21-13)22-20(27)30-3/h4-5,8-9H,6-7,10H2,1-3H3,(H,23,24)(H,21,22,27). The minimum Gasteiger partial charge on any atom is -0.497 e. The Hall–Kier alpha value is -3.60. The lowest BCUT2D eigenvalue weighted by atomic mass is 10.1. The molecular formula is C20H21N5O5S. The van der Waals surface area contributed by atoms with E-state index in [4.69, 9.17) is 9.47 Å². The Morgan fingerprint density at radius 2 is 2.03 bits per heavy atom. The van der Waals surface area contributed by atoms with E-state index in [2.05, 4.69) is 25.2 Å². The number of benzene rings is 1. The quantitative estimate of drug-likeness (QED) is 0.622. The van der Waals surface area contributed by atoms with Crippen LogP contribution in [0.25, 0.3) is 11.3 Å². The van der Waals surface area contributed by atoms with Crippen molar-refractivity contribution in [3.63, 3.8) is 0 Å². The van der Waals surface area contributed by atoms with Gasteiger partial charge in [0.05, 0.1) is 39.3 Å². The van der Waals surface area contributed by atoms with E-state index in [1.807, 2.05) is 6.07 Å². The summed E-state index contributed by atoms with van der Waals surface area (Å²) in [5.74, 6) is 1.13. The number of hydrogen-bond acceptors (Lipinski definition) is 8. The molecule has 2 aromatic heterocycles. The first-order valence-electron chi connectivity index (χ1n) is 9.43. The summed E-state index contributed by atoms with van der Waals surface area (Å²) in [7, 11) is 4.46. The molecular weight excluding hydrogens is 422 g/mol. The van der Waals surface area contributed by atoms with Crippen LogP contribution in [0.1, 0.15) is 21.1 Å². The second-order valence-corrected chi connectivity index (χ2v) is 7.80. The summed E-state index contributed by atoms with van der Waals surface area (Å²) in [6.07, 6.45) is 0.0301. The minimum atomic E-state index is -0.572. The van der Waals surface area contributed by atoms with Crippen LogP contribution in [0, 0.1) is 0 Å². The molecule has 10 nitrogen and oxygen atoms in total. The van der Waals surface area contributed by atoms with Crippen molar-refractivity contribution in [2.24, 2.45) is 0 Å². The van der Waals surface area contributed by atoms with Gasteiger partial charge in [-0.15, -0.1) is 0 Å². The molecule has 31 heavy (non-hydrogen) atoms. The molecule has 162 valence electrons. The van der Waals surface area contributed by atoms with Gasteiger partial charge in [-0.05, 0) is 24.3 Å². The lowest BCUT2D eigenvalue weighted by Gasteiger charge is -2.25. The number of aromatic nitrogens is 3. The van der Waals surface area contributed by atoms with Gasteiger partial charge in [0.25, 0.3) is 5.91 Å². The molecule has 0 fully saturated rings. The molecule has 1 aliphatic rings. The van der Waals surface area contributed by atoms with Gasteiger partial charge in [0, 0.05) is 23.4 Å². The summed E-state index contributed by atoms with van der Waals surface area (Å²) in [5, 5.41) is 10.2. The summed E-state index contributed by atoms with van der Waals surface area (Å²) in [4.78, 5) is 31.5. The molecule has 3 aromatic rings. The lowest BCUT2D eigenvalue weighted by molar-refractivity contribution is 0.0730. The van der Waals surface area contributed by atoms with E-state index in [0.717, 1.165) is 16.1 Å². The molecule has 2 amide bonds. The zero-order valence-corrected chi connectivity index (χ0v) is 18.0. The summed E-state index contributed by atoms with van der Waals surface area (Å²) < 4.78 is 15.3. The van der Waals surface area contributed by atoms with Crippen LogP contribution >= 0.6 is 11.3 Å². The van der Waals surface area contributed by atoms with Gasteiger partial charge in [0.15, 0.2) is 5.13 Å². The third kappa shape index (κ3) is 4.17. The number of nitrogens with zero attached hydrogens (tertiary/aromatic N) is 3. The minimum absolute atomic E-state index is 0.165. The van der Waals surface area contributed by atoms with Crippen molar-refractivity contribution in [2.75, 3.05) is 33.2 Å². The zero-order valence-electron chi connectivity index (χ0n) is 17.2. The van der Waals surface area contributed by atoms with Crippen LogP contribution in [-0.2, 0) is 17.7 Å². The molecule has 0 radical (unpaired) electrons. The van der Waals surface area contributed by atoms with Crippen molar-refractivity contribution in [1.29, 1.82) is 0 Å². The van der Waals surface area contributed by atoms with Crippen LogP contribution in [0.2, 0.25) is 0 Å². The molecule has 0 atom stereocenters. The highest BCUT2D eigenvalue weighted by molar-refractivity contribution is 7.15. The zero-order chi connectivity index (χ0) is 22.0. The Morgan fingerprint density at radius 1 is 1.19 bits per heavy atom. The van der Waals surface area contributed by atoms with Crippen molar-refractivity contribution < 1.29 is 23.8 Å². The van der Waals surface area contributed by atoms with Gasteiger partial charge in [-0.3, -0.25) is 15.2 Å². The van der Waals surface area contributed by atoms with Gasteiger partial charge in [-0.25, -0.2) is 9.78 Å². The fraction of sp³-hybridized carbons (Fsp3) is 0.300. The molecule has 0 saturated carbocycles. The van der Waals surface area contributed by atoms with Crippen molar-refractivity contribution in [3.8, 4) is 22.8 Å². The number of fused-ring (bicyclic) bond motifs is 1. The second-order valence-electron chi connectivity index (χ2n) is 6.72. The van der Waals surface area contributed by atoms with Crippen LogP contribution in [0.3, 0.4) is 0 Å². The number of methoxy groups -OCH3 is 3. The number of rotatable bonds is 5. The number of nitrogens with one attached hydrogen (secondary N) is 2. The van der Waals surface area contributed by atoms with Gasteiger partial charge in [0.1, 0.15) is 17.2 Å². The maximum absolute atomic E-state index is 13.1. The average molecular weight is 443 g/mol. The van der Waals surface area contributed by atoms with Gasteiger partial charge in [-0.2, -0.15) is 5.10 Å². The molecule has 4 rings (SSSR count). The van der Waals surface area contributed by atoms with Gasteiger partial charge in [-0.1, -0.05) is 11.3 Å². The summed E-state index contributed by atoms with van der Waals surface area (Å²) in [5.41, 5.74) is 2.56. The third-order valence-corrected chi connectivity index (χ3v) is 5.90.